The first-order valence-corrected chi connectivity index (χ1v) is 9.79. The lowest BCUT2D eigenvalue weighted by molar-refractivity contribution is -0.121. The Morgan fingerprint density at radius 2 is 1.76 bits per heavy atom. The molecule has 1 atom stereocenters. The standard InChI is InChI=1S/C19H26BNO3S/c1-18(2,11-19(3,4)17(20)24)12-6-8-13(9-7-12)21-15(22)10-14(25-5)16(21)23/h6-9,14H,10-11,20H2,1-5H3. The van der Waals surface area contributed by atoms with Crippen molar-refractivity contribution in [2.24, 2.45) is 5.41 Å². The van der Waals surface area contributed by atoms with Crippen LogP contribution in [0, 0.1) is 5.41 Å². The number of rotatable bonds is 6. The van der Waals surface area contributed by atoms with Crippen LogP contribution in [0.4, 0.5) is 5.69 Å². The van der Waals surface area contributed by atoms with Crippen molar-refractivity contribution >= 4 is 42.8 Å². The van der Waals surface area contributed by atoms with Gasteiger partial charge in [-0.1, -0.05) is 39.8 Å². The summed E-state index contributed by atoms with van der Waals surface area (Å²) in [4.78, 5) is 37.6. The van der Waals surface area contributed by atoms with E-state index in [1.165, 1.54) is 16.7 Å². The summed E-state index contributed by atoms with van der Waals surface area (Å²) in [6.07, 6.45) is 2.84. The first kappa shape index (κ1) is 19.8. The normalized spacial score (nSPS) is 18.8. The minimum Gasteiger partial charge on any atom is -0.311 e. The molecule has 1 aromatic rings. The molecule has 2 rings (SSSR count). The highest BCUT2D eigenvalue weighted by Crippen LogP contribution is 2.38. The molecule has 6 heteroatoms. The first-order valence-electron chi connectivity index (χ1n) is 8.51. The zero-order valence-corrected chi connectivity index (χ0v) is 16.7. The monoisotopic (exact) mass is 359 g/mol. The average molecular weight is 359 g/mol. The molecule has 0 N–H and O–H groups in total. The van der Waals surface area contributed by atoms with E-state index in [4.69, 9.17) is 0 Å². The van der Waals surface area contributed by atoms with Crippen molar-refractivity contribution in [3.63, 3.8) is 0 Å². The molecule has 134 valence electrons. The van der Waals surface area contributed by atoms with Crippen LogP contribution in [-0.4, -0.2) is 36.8 Å². The summed E-state index contributed by atoms with van der Waals surface area (Å²) in [5.41, 5.74) is 1.31. The summed E-state index contributed by atoms with van der Waals surface area (Å²) in [7, 11) is 1.63. The summed E-state index contributed by atoms with van der Waals surface area (Å²) in [5, 5.41) is -0.278. The quantitative estimate of drug-likeness (QED) is 0.579. The average Bonchev–Trinajstić information content (AvgIpc) is 2.80. The highest BCUT2D eigenvalue weighted by molar-refractivity contribution is 8.00. The summed E-state index contributed by atoms with van der Waals surface area (Å²) >= 11 is 1.42. The van der Waals surface area contributed by atoms with Crippen molar-refractivity contribution < 1.29 is 14.4 Å². The molecule has 2 amide bonds. The third kappa shape index (κ3) is 4.00. The van der Waals surface area contributed by atoms with E-state index in [1.807, 2.05) is 44.4 Å². The highest BCUT2D eigenvalue weighted by Gasteiger charge is 2.39. The van der Waals surface area contributed by atoms with Gasteiger partial charge in [-0.25, -0.2) is 4.90 Å². The maximum atomic E-state index is 12.3. The predicted molar refractivity (Wildman–Crippen MR) is 106 cm³/mol. The van der Waals surface area contributed by atoms with Gasteiger partial charge < -0.3 is 4.79 Å². The molecule has 0 aliphatic carbocycles. The number of benzene rings is 1. The van der Waals surface area contributed by atoms with Gasteiger partial charge in [-0.15, -0.1) is 0 Å². The van der Waals surface area contributed by atoms with Gasteiger partial charge in [-0.2, -0.15) is 11.8 Å². The zero-order chi connectivity index (χ0) is 19.0. The van der Waals surface area contributed by atoms with Gasteiger partial charge in [0.25, 0.3) is 0 Å². The maximum Gasteiger partial charge on any atom is 0.247 e. The number of anilines is 1. The predicted octanol–water partition coefficient (Wildman–Crippen LogP) is 2.54. The van der Waals surface area contributed by atoms with Crippen molar-refractivity contribution in [3.05, 3.63) is 29.8 Å². The zero-order valence-electron chi connectivity index (χ0n) is 15.9. The van der Waals surface area contributed by atoms with Crippen LogP contribution in [0.1, 0.15) is 46.1 Å². The number of hydrogen-bond acceptors (Lipinski definition) is 4. The van der Waals surface area contributed by atoms with Gasteiger partial charge in [0.15, 0.2) is 7.85 Å². The van der Waals surface area contributed by atoms with Gasteiger partial charge in [0.2, 0.25) is 11.8 Å². The van der Waals surface area contributed by atoms with Crippen molar-refractivity contribution in [2.45, 2.75) is 51.2 Å². The van der Waals surface area contributed by atoms with Crippen LogP contribution < -0.4 is 4.90 Å². The lowest BCUT2D eigenvalue weighted by Crippen LogP contribution is -2.33. The molecule has 1 aliphatic rings. The molecule has 0 radical (unpaired) electrons. The summed E-state index contributed by atoms with van der Waals surface area (Å²) in [5.74, 6) is -0.281. The molecule has 1 unspecified atom stereocenters. The van der Waals surface area contributed by atoms with Gasteiger partial charge in [-0.05, 0) is 35.8 Å². The van der Waals surface area contributed by atoms with E-state index in [0.29, 0.717) is 5.69 Å². The third-order valence-electron chi connectivity index (χ3n) is 5.13. The van der Waals surface area contributed by atoms with Gasteiger partial charge in [-0.3, -0.25) is 9.59 Å². The SMILES string of the molecule is BC(=O)C(C)(C)CC(C)(C)c1ccc(N2C(=O)CC(SC)C2=O)cc1. The Morgan fingerprint density at radius 1 is 1.20 bits per heavy atom. The third-order valence-corrected chi connectivity index (χ3v) is 6.07. The van der Waals surface area contributed by atoms with E-state index in [1.54, 1.807) is 7.85 Å². The lowest BCUT2D eigenvalue weighted by atomic mass is 9.66. The maximum absolute atomic E-state index is 12.3. The molecule has 0 bridgehead atoms. The van der Waals surface area contributed by atoms with Crippen LogP contribution in [0.15, 0.2) is 24.3 Å². The van der Waals surface area contributed by atoms with Crippen LogP contribution in [0.25, 0.3) is 0 Å². The van der Waals surface area contributed by atoms with Gasteiger partial charge >= 0.3 is 0 Å². The largest absolute Gasteiger partial charge is 0.311 e. The van der Waals surface area contributed by atoms with E-state index in [-0.39, 0.29) is 34.6 Å². The Hall–Kier alpha value is -1.56. The second-order valence-electron chi connectivity index (χ2n) is 8.04. The van der Waals surface area contributed by atoms with Crippen molar-refractivity contribution in [1.82, 2.24) is 0 Å². The van der Waals surface area contributed by atoms with E-state index >= 15 is 0 Å². The summed E-state index contributed by atoms with van der Waals surface area (Å²) in [6, 6.07) is 7.57. The molecule has 1 aliphatic heterocycles. The number of nitrogens with zero attached hydrogens (tertiary/aromatic N) is 1. The van der Waals surface area contributed by atoms with Gasteiger partial charge in [0.1, 0.15) is 0 Å². The molecular formula is C19H26BNO3S. The number of hydrogen-bond donors (Lipinski definition) is 0. The second-order valence-corrected chi connectivity index (χ2v) is 9.08. The number of thioether (sulfide) groups is 1. The van der Waals surface area contributed by atoms with Crippen molar-refractivity contribution in [1.29, 1.82) is 0 Å². The molecule has 1 saturated heterocycles. The van der Waals surface area contributed by atoms with Crippen LogP contribution in [-0.2, 0) is 19.8 Å². The Labute approximate surface area is 155 Å². The number of amides is 2. The lowest BCUT2D eigenvalue weighted by Gasteiger charge is -2.34. The van der Waals surface area contributed by atoms with Crippen molar-refractivity contribution in [2.75, 3.05) is 11.2 Å². The second kappa shape index (κ2) is 6.98. The minimum absolute atomic E-state index is 0.137. The first-order chi connectivity index (χ1) is 11.5. The molecule has 1 aromatic carbocycles. The molecule has 0 spiro atoms. The van der Waals surface area contributed by atoms with E-state index in [9.17, 15) is 14.4 Å². The fourth-order valence-corrected chi connectivity index (χ4v) is 4.07. The van der Waals surface area contributed by atoms with E-state index in [2.05, 4.69) is 13.8 Å². The minimum atomic E-state index is -0.394. The molecule has 25 heavy (non-hydrogen) atoms. The molecule has 0 saturated carbocycles. The Bertz CT molecular complexity index is 697. The van der Waals surface area contributed by atoms with Crippen LogP contribution in [0.3, 0.4) is 0 Å². The van der Waals surface area contributed by atoms with Gasteiger partial charge in [0.05, 0.1) is 16.6 Å². The number of carbonyl (C=O) groups excluding carboxylic acids is 3. The summed E-state index contributed by atoms with van der Waals surface area (Å²) in [6.45, 7) is 8.16. The fourth-order valence-electron chi connectivity index (χ4n) is 3.45. The topological polar surface area (TPSA) is 54.5 Å². The highest BCUT2D eigenvalue weighted by atomic mass is 32.2. The van der Waals surface area contributed by atoms with Crippen LogP contribution in [0.2, 0.25) is 0 Å². The molecule has 1 fully saturated rings. The Morgan fingerprint density at radius 3 is 2.20 bits per heavy atom. The number of carbonyl (C=O) groups is 3. The molecule has 1 heterocycles. The number of imide groups is 1. The fraction of sp³-hybridized carbons (Fsp3) is 0.526. The Balaban J connectivity index is 2.24. The molecule has 4 nitrogen and oxygen atoms in total. The summed E-state index contributed by atoms with van der Waals surface area (Å²) < 4.78 is 0. The smallest absolute Gasteiger partial charge is 0.247 e. The van der Waals surface area contributed by atoms with Crippen LogP contribution >= 0.6 is 11.8 Å². The van der Waals surface area contributed by atoms with Gasteiger partial charge in [0, 0.05) is 11.8 Å². The van der Waals surface area contributed by atoms with E-state index in [0.717, 1.165) is 12.0 Å². The molecular weight excluding hydrogens is 333 g/mol. The molecule has 0 aromatic heterocycles. The van der Waals surface area contributed by atoms with E-state index < -0.39 is 5.41 Å². The Kier molecular flexibility index (Phi) is 5.52. The van der Waals surface area contributed by atoms with Crippen LogP contribution in [0.5, 0.6) is 0 Å². The van der Waals surface area contributed by atoms with Crippen molar-refractivity contribution in [3.8, 4) is 0 Å².